The van der Waals surface area contributed by atoms with Gasteiger partial charge >= 0.3 is 0 Å². The Balaban J connectivity index is 1.48. The SMILES string of the molecule is Cc1cc(C)c(CCNC(=O)CN2CCCC2C(=O)N2CCSCC2)c(C)c1. The molecule has 2 saturated heterocycles. The number of nitrogens with one attached hydrogen (secondary N) is 1. The summed E-state index contributed by atoms with van der Waals surface area (Å²) in [6, 6.07) is 4.28. The molecule has 5 nitrogen and oxygen atoms in total. The van der Waals surface area contributed by atoms with E-state index in [-0.39, 0.29) is 17.9 Å². The smallest absolute Gasteiger partial charge is 0.239 e. The minimum Gasteiger partial charge on any atom is -0.355 e. The van der Waals surface area contributed by atoms with Crippen molar-refractivity contribution in [2.45, 2.75) is 46.1 Å². The summed E-state index contributed by atoms with van der Waals surface area (Å²) >= 11 is 1.91. The number of rotatable bonds is 6. The molecule has 0 saturated carbocycles. The number of hydrogen-bond acceptors (Lipinski definition) is 4. The summed E-state index contributed by atoms with van der Waals surface area (Å²) in [6.45, 7) is 9.87. The molecule has 2 amide bonds. The van der Waals surface area contributed by atoms with Crippen LogP contribution in [0.1, 0.15) is 35.1 Å². The van der Waals surface area contributed by atoms with Gasteiger partial charge in [0, 0.05) is 31.1 Å². The highest BCUT2D eigenvalue weighted by Crippen LogP contribution is 2.21. The number of benzene rings is 1. The number of carbonyl (C=O) groups excluding carboxylic acids is 2. The van der Waals surface area contributed by atoms with E-state index in [0.717, 1.165) is 50.4 Å². The van der Waals surface area contributed by atoms with Crippen molar-refractivity contribution in [3.8, 4) is 0 Å². The lowest BCUT2D eigenvalue weighted by Crippen LogP contribution is -2.50. The summed E-state index contributed by atoms with van der Waals surface area (Å²) in [7, 11) is 0. The van der Waals surface area contributed by atoms with Gasteiger partial charge < -0.3 is 10.2 Å². The van der Waals surface area contributed by atoms with Crippen molar-refractivity contribution in [3.05, 3.63) is 34.4 Å². The largest absolute Gasteiger partial charge is 0.355 e. The van der Waals surface area contributed by atoms with Crippen molar-refractivity contribution in [3.63, 3.8) is 0 Å². The Labute approximate surface area is 173 Å². The van der Waals surface area contributed by atoms with Crippen molar-refractivity contribution in [1.82, 2.24) is 15.1 Å². The second-order valence-corrected chi connectivity index (χ2v) is 9.27. The molecule has 0 aromatic heterocycles. The van der Waals surface area contributed by atoms with Crippen LogP contribution in [-0.4, -0.2) is 71.9 Å². The van der Waals surface area contributed by atoms with E-state index >= 15 is 0 Å². The average Bonchev–Trinajstić information content (AvgIpc) is 3.12. The molecule has 2 aliphatic rings. The zero-order valence-electron chi connectivity index (χ0n) is 17.4. The highest BCUT2D eigenvalue weighted by molar-refractivity contribution is 7.99. The van der Waals surface area contributed by atoms with Crippen LogP contribution in [0.4, 0.5) is 0 Å². The number of amides is 2. The van der Waals surface area contributed by atoms with Crippen LogP contribution >= 0.6 is 11.8 Å². The maximum atomic E-state index is 12.8. The van der Waals surface area contributed by atoms with E-state index < -0.39 is 0 Å². The molecule has 6 heteroatoms. The van der Waals surface area contributed by atoms with Crippen molar-refractivity contribution in [2.75, 3.05) is 44.2 Å². The minimum atomic E-state index is -0.115. The van der Waals surface area contributed by atoms with E-state index in [4.69, 9.17) is 0 Å². The Kier molecular flexibility index (Phi) is 7.41. The highest BCUT2D eigenvalue weighted by atomic mass is 32.2. The summed E-state index contributed by atoms with van der Waals surface area (Å²) in [4.78, 5) is 29.4. The first-order valence-electron chi connectivity index (χ1n) is 10.4. The van der Waals surface area contributed by atoms with Gasteiger partial charge in [-0.1, -0.05) is 17.7 Å². The van der Waals surface area contributed by atoms with Crippen LogP contribution in [0.15, 0.2) is 12.1 Å². The zero-order chi connectivity index (χ0) is 20.1. The van der Waals surface area contributed by atoms with Gasteiger partial charge in [-0.25, -0.2) is 0 Å². The van der Waals surface area contributed by atoms with Crippen LogP contribution in [-0.2, 0) is 16.0 Å². The third-order valence-corrected chi connectivity index (χ3v) is 6.80. The van der Waals surface area contributed by atoms with Gasteiger partial charge in [0.05, 0.1) is 12.6 Å². The van der Waals surface area contributed by atoms with Gasteiger partial charge in [0.2, 0.25) is 11.8 Å². The first-order valence-corrected chi connectivity index (χ1v) is 11.5. The van der Waals surface area contributed by atoms with E-state index in [1.165, 1.54) is 22.3 Å². The Morgan fingerprint density at radius 2 is 1.79 bits per heavy atom. The lowest BCUT2D eigenvalue weighted by molar-refractivity contribution is -0.136. The van der Waals surface area contributed by atoms with Crippen LogP contribution in [0.5, 0.6) is 0 Å². The molecule has 0 bridgehead atoms. The molecule has 0 radical (unpaired) electrons. The maximum Gasteiger partial charge on any atom is 0.239 e. The highest BCUT2D eigenvalue weighted by Gasteiger charge is 2.34. The Morgan fingerprint density at radius 3 is 2.46 bits per heavy atom. The van der Waals surface area contributed by atoms with Gasteiger partial charge in [0.25, 0.3) is 0 Å². The molecular formula is C22H33N3O2S. The summed E-state index contributed by atoms with van der Waals surface area (Å²) in [5.74, 6) is 2.29. The van der Waals surface area contributed by atoms with Gasteiger partial charge in [0.1, 0.15) is 0 Å². The van der Waals surface area contributed by atoms with Crippen LogP contribution in [0.2, 0.25) is 0 Å². The van der Waals surface area contributed by atoms with E-state index in [1.807, 2.05) is 16.7 Å². The summed E-state index contributed by atoms with van der Waals surface area (Å²) in [5, 5.41) is 3.06. The van der Waals surface area contributed by atoms with E-state index in [1.54, 1.807) is 0 Å². The molecule has 1 aromatic carbocycles. The Morgan fingerprint density at radius 1 is 1.11 bits per heavy atom. The molecule has 28 heavy (non-hydrogen) atoms. The molecule has 1 atom stereocenters. The normalized spacial score (nSPS) is 20.4. The fourth-order valence-corrected chi connectivity index (χ4v) is 5.36. The molecule has 1 N–H and O–H groups in total. The third kappa shape index (κ3) is 5.29. The molecule has 2 aliphatic heterocycles. The quantitative estimate of drug-likeness (QED) is 0.792. The molecule has 2 fully saturated rings. The Bertz CT molecular complexity index is 693. The molecule has 154 valence electrons. The number of hydrogen-bond donors (Lipinski definition) is 1. The molecule has 1 unspecified atom stereocenters. The number of likely N-dealkylation sites (tertiary alicyclic amines) is 1. The fraction of sp³-hybridized carbons (Fsp3) is 0.636. The number of nitrogens with zero attached hydrogens (tertiary/aromatic N) is 2. The van der Waals surface area contributed by atoms with Crippen LogP contribution in [0.3, 0.4) is 0 Å². The molecule has 1 aromatic rings. The standard InChI is InChI=1S/C22H33N3O2S/c1-16-13-17(2)19(18(3)14-16)6-7-23-21(26)15-25-8-4-5-20(25)22(27)24-9-11-28-12-10-24/h13-14,20H,4-12,15H2,1-3H3,(H,23,26). The predicted molar refractivity (Wildman–Crippen MR) is 116 cm³/mol. The van der Waals surface area contributed by atoms with Gasteiger partial charge in [-0.2, -0.15) is 11.8 Å². The van der Waals surface area contributed by atoms with Gasteiger partial charge in [-0.15, -0.1) is 0 Å². The molecule has 0 spiro atoms. The molecular weight excluding hydrogens is 370 g/mol. The summed E-state index contributed by atoms with van der Waals surface area (Å²) < 4.78 is 0. The van der Waals surface area contributed by atoms with Crippen LogP contribution in [0.25, 0.3) is 0 Å². The van der Waals surface area contributed by atoms with Crippen molar-refractivity contribution < 1.29 is 9.59 Å². The summed E-state index contributed by atoms with van der Waals surface area (Å²) in [6.07, 6.45) is 2.71. The van der Waals surface area contributed by atoms with Crippen molar-refractivity contribution in [1.29, 1.82) is 0 Å². The predicted octanol–water partition coefficient (Wildman–Crippen LogP) is 2.31. The molecule has 3 rings (SSSR count). The maximum absolute atomic E-state index is 12.8. The minimum absolute atomic E-state index is 0.0244. The Hall–Kier alpha value is -1.53. The molecule has 0 aliphatic carbocycles. The molecule has 2 heterocycles. The lowest BCUT2D eigenvalue weighted by Gasteiger charge is -2.32. The number of carbonyl (C=O) groups is 2. The van der Waals surface area contributed by atoms with E-state index in [2.05, 4.69) is 43.1 Å². The van der Waals surface area contributed by atoms with Crippen molar-refractivity contribution in [2.24, 2.45) is 0 Å². The monoisotopic (exact) mass is 403 g/mol. The third-order valence-electron chi connectivity index (χ3n) is 5.86. The first kappa shape index (κ1) is 21.2. The zero-order valence-corrected chi connectivity index (χ0v) is 18.2. The number of thioether (sulfide) groups is 1. The topological polar surface area (TPSA) is 52.7 Å². The second kappa shape index (κ2) is 9.79. The van der Waals surface area contributed by atoms with Crippen LogP contribution in [0, 0.1) is 20.8 Å². The van der Waals surface area contributed by atoms with Crippen LogP contribution < -0.4 is 5.32 Å². The van der Waals surface area contributed by atoms with E-state index in [9.17, 15) is 9.59 Å². The van der Waals surface area contributed by atoms with E-state index in [0.29, 0.717) is 13.1 Å². The van der Waals surface area contributed by atoms with Gasteiger partial charge in [-0.3, -0.25) is 14.5 Å². The number of aryl methyl sites for hydroxylation is 3. The van der Waals surface area contributed by atoms with Gasteiger partial charge in [0.15, 0.2) is 0 Å². The fourth-order valence-electron chi connectivity index (χ4n) is 4.46. The first-order chi connectivity index (χ1) is 13.5. The van der Waals surface area contributed by atoms with Crippen molar-refractivity contribution >= 4 is 23.6 Å². The average molecular weight is 404 g/mol. The second-order valence-electron chi connectivity index (χ2n) is 8.04. The van der Waals surface area contributed by atoms with Gasteiger partial charge in [-0.05, 0) is 63.3 Å². The summed E-state index contributed by atoms with van der Waals surface area (Å²) in [5.41, 5.74) is 5.18. The lowest BCUT2D eigenvalue weighted by atomic mass is 9.97.